The highest BCUT2D eigenvalue weighted by molar-refractivity contribution is 5.96. The Kier molecular flexibility index (Phi) is 7.01. The van der Waals surface area contributed by atoms with E-state index in [0.717, 1.165) is 25.9 Å². The number of carbonyl (C=O) groups excluding carboxylic acids is 1. The third-order valence-electron chi connectivity index (χ3n) is 5.36. The van der Waals surface area contributed by atoms with Crippen molar-refractivity contribution in [2.24, 2.45) is 0 Å². The number of hydrogen-bond acceptors (Lipinski definition) is 3. The van der Waals surface area contributed by atoms with Crippen LogP contribution in [0.4, 0.5) is 0 Å². The van der Waals surface area contributed by atoms with Gasteiger partial charge in [-0.3, -0.25) is 4.79 Å². The molecule has 0 N–H and O–H groups in total. The maximum absolute atomic E-state index is 13.1. The van der Waals surface area contributed by atoms with Gasteiger partial charge in [-0.25, -0.2) is 0 Å². The molecule has 3 rings (SSSR count). The van der Waals surface area contributed by atoms with Gasteiger partial charge in [0.05, 0.1) is 11.7 Å². The minimum absolute atomic E-state index is 0.0666. The van der Waals surface area contributed by atoms with Crippen LogP contribution in [0.1, 0.15) is 12.8 Å². The summed E-state index contributed by atoms with van der Waals surface area (Å²) in [6.07, 6.45) is 24.9. The van der Waals surface area contributed by atoms with Crippen molar-refractivity contribution >= 4 is 5.91 Å². The Morgan fingerprint density at radius 3 is 2.32 bits per heavy atom. The van der Waals surface area contributed by atoms with E-state index in [2.05, 4.69) is 18.5 Å². The number of carbonyl (C=O) groups is 1. The molecular formula is C24H30N2O2. The summed E-state index contributed by atoms with van der Waals surface area (Å²) in [5.41, 5.74) is 0.527. The van der Waals surface area contributed by atoms with Crippen LogP contribution in [0.3, 0.4) is 0 Å². The number of hydrogen-bond donors (Lipinski definition) is 0. The predicted molar refractivity (Wildman–Crippen MR) is 115 cm³/mol. The van der Waals surface area contributed by atoms with E-state index in [1.807, 2.05) is 77.8 Å². The summed E-state index contributed by atoms with van der Waals surface area (Å²) < 4.78 is 6.34. The summed E-state index contributed by atoms with van der Waals surface area (Å²) >= 11 is 0. The molecule has 1 unspecified atom stereocenters. The van der Waals surface area contributed by atoms with E-state index in [4.69, 9.17) is 4.74 Å². The number of piperidine rings is 1. The fraction of sp³-hybridized carbons (Fsp3) is 0.375. The molecule has 0 radical (unpaired) electrons. The molecule has 1 amide bonds. The van der Waals surface area contributed by atoms with Crippen molar-refractivity contribution in [3.05, 3.63) is 85.1 Å². The molecule has 4 heteroatoms. The predicted octanol–water partition coefficient (Wildman–Crippen LogP) is 3.59. The number of allylic oxidation sites excluding steroid dienone is 10. The maximum Gasteiger partial charge on any atom is 0.253 e. The molecule has 148 valence electrons. The summed E-state index contributed by atoms with van der Waals surface area (Å²) in [7, 11) is 2.13. The van der Waals surface area contributed by atoms with Gasteiger partial charge in [0.1, 0.15) is 0 Å². The van der Waals surface area contributed by atoms with Crippen LogP contribution in [-0.2, 0) is 9.53 Å². The molecule has 2 fully saturated rings. The molecule has 2 heterocycles. The molecule has 0 aromatic heterocycles. The minimum Gasteiger partial charge on any atom is -0.365 e. The lowest BCUT2D eigenvalue weighted by atomic mass is 9.88. The molecule has 1 atom stereocenters. The van der Waals surface area contributed by atoms with E-state index in [1.54, 1.807) is 0 Å². The van der Waals surface area contributed by atoms with Crippen LogP contribution < -0.4 is 0 Å². The lowest BCUT2D eigenvalue weighted by molar-refractivity contribution is -0.161. The van der Waals surface area contributed by atoms with E-state index >= 15 is 0 Å². The monoisotopic (exact) mass is 378 g/mol. The van der Waals surface area contributed by atoms with Crippen molar-refractivity contribution in [1.29, 1.82) is 0 Å². The quantitative estimate of drug-likeness (QED) is 0.689. The van der Waals surface area contributed by atoms with Crippen molar-refractivity contribution < 1.29 is 9.53 Å². The zero-order valence-electron chi connectivity index (χ0n) is 16.7. The molecule has 1 aliphatic carbocycles. The van der Waals surface area contributed by atoms with E-state index in [0.29, 0.717) is 18.7 Å². The zero-order valence-corrected chi connectivity index (χ0v) is 16.7. The van der Waals surface area contributed by atoms with Crippen molar-refractivity contribution in [1.82, 2.24) is 9.80 Å². The first-order valence-electron chi connectivity index (χ1n) is 9.95. The molecule has 2 saturated heterocycles. The second-order valence-corrected chi connectivity index (χ2v) is 7.58. The number of likely N-dealkylation sites (tertiary alicyclic amines) is 1. The third-order valence-corrected chi connectivity index (χ3v) is 5.36. The van der Waals surface area contributed by atoms with Crippen molar-refractivity contribution in [2.75, 3.05) is 33.2 Å². The average Bonchev–Trinajstić information content (AvgIpc) is 2.68. The highest BCUT2D eigenvalue weighted by Gasteiger charge is 2.42. The Labute approximate surface area is 168 Å². The molecule has 0 bridgehead atoms. The van der Waals surface area contributed by atoms with Crippen molar-refractivity contribution in [2.45, 2.75) is 24.5 Å². The Balaban J connectivity index is 1.67. The highest BCUT2D eigenvalue weighted by atomic mass is 16.5. The van der Waals surface area contributed by atoms with Crippen molar-refractivity contribution in [3.63, 3.8) is 0 Å². The van der Waals surface area contributed by atoms with Gasteiger partial charge < -0.3 is 14.5 Å². The van der Waals surface area contributed by atoms with Gasteiger partial charge in [-0.05, 0) is 32.0 Å². The lowest BCUT2D eigenvalue weighted by Gasteiger charge is -2.48. The van der Waals surface area contributed by atoms with Gasteiger partial charge in [0, 0.05) is 31.8 Å². The number of rotatable bonds is 2. The Morgan fingerprint density at radius 2 is 1.68 bits per heavy atom. The minimum atomic E-state index is -0.168. The van der Waals surface area contributed by atoms with Crippen LogP contribution in [0.2, 0.25) is 0 Å². The van der Waals surface area contributed by atoms with E-state index in [1.165, 1.54) is 0 Å². The second kappa shape index (κ2) is 9.67. The SMILES string of the molecule is C=CC1CN(C)CC2(CCN(C(=O)C3=CC=CC=CC=CC=CC=C3)CC2)O1. The van der Waals surface area contributed by atoms with Gasteiger partial charge in [0.2, 0.25) is 0 Å². The Bertz CT molecular complexity index is 747. The van der Waals surface area contributed by atoms with Gasteiger partial charge in [-0.2, -0.15) is 0 Å². The standard InChI is InChI=1S/C24H30N2O2/c1-3-22-19-25(2)20-24(28-22)15-17-26(18-16-24)23(27)21-13-11-9-7-5-4-6-8-10-12-14-21/h3-14,22H,1,15-20H2,2H3. The molecule has 28 heavy (non-hydrogen) atoms. The second-order valence-electron chi connectivity index (χ2n) is 7.58. The average molecular weight is 379 g/mol. The van der Waals surface area contributed by atoms with Crippen LogP contribution in [0.25, 0.3) is 0 Å². The molecule has 3 aliphatic rings. The molecule has 0 aromatic carbocycles. The van der Waals surface area contributed by atoms with E-state index in [-0.39, 0.29) is 17.6 Å². The van der Waals surface area contributed by atoms with Crippen LogP contribution in [-0.4, -0.2) is 60.6 Å². The number of morpholine rings is 1. The first-order valence-corrected chi connectivity index (χ1v) is 9.95. The number of likely N-dealkylation sites (N-methyl/N-ethyl adjacent to an activating group) is 1. The molecule has 2 aliphatic heterocycles. The fourth-order valence-corrected chi connectivity index (χ4v) is 3.92. The highest BCUT2D eigenvalue weighted by Crippen LogP contribution is 2.32. The molecule has 1 spiro atoms. The number of ether oxygens (including phenoxy) is 1. The van der Waals surface area contributed by atoms with E-state index in [9.17, 15) is 4.79 Å². The largest absolute Gasteiger partial charge is 0.365 e. The summed E-state index contributed by atoms with van der Waals surface area (Å²) in [5.74, 6) is 0.0742. The molecule has 0 saturated carbocycles. The smallest absolute Gasteiger partial charge is 0.253 e. The van der Waals surface area contributed by atoms with Crippen molar-refractivity contribution in [3.8, 4) is 0 Å². The zero-order chi connectivity index (χ0) is 19.8. The molecule has 0 aromatic rings. The first kappa shape index (κ1) is 20.3. The van der Waals surface area contributed by atoms with Gasteiger partial charge in [0.25, 0.3) is 5.91 Å². The number of nitrogens with zero attached hydrogens (tertiary/aromatic N) is 2. The lowest BCUT2D eigenvalue weighted by Crippen LogP contribution is -2.59. The van der Waals surface area contributed by atoms with Crippen LogP contribution in [0, 0.1) is 0 Å². The van der Waals surface area contributed by atoms with Gasteiger partial charge in [-0.1, -0.05) is 60.8 Å². The summed E-state index contributed by atoms with van der Waals surface area (Å²) in [5, 5.41) is 0. The topological polar surface area (TPSA) is 32.8 Å². The summed E-state index contributed by atoms with van der Waals surface area (Å²) in [4.78, 5) is 17.3. The van der Waals surface area contributed by atoms with Crippen LogP contribution in [0.5, 0.6) is 0 Å². The first-order chi connectivity index (χ1) is 13.6. The van der Waals surface area contributed by atoms with Gasteiger partial charge in [0.15, 0.2) is 0 Å². The third kappa shape index (κ3) is 5.31. The fourth-order valence-electron chi connectivity index (χ4n) is 3.92. The molecular weight excluding hydrogens is 348 g/mol. The maximum atomic E-state index is 13.1. The van der Waals surface area contributed by atoms with Crippen LogP contribution >= 0.6 is 0 Å². The van der Waals surface area contributed by atoms with Gasteiger partial charge in [-0.15, -0.1) is 6.58 Å². The number of amides is 1. The normalized spacial score (nSPS) is 25.2. The van der Waals surface area contributed by atoms with Crippen LogP contribution in [0.15, 0.2) is 85.1 Å². The van der Waals surface area contributed by atoms with E-state index < -0.39 is 0 Å². The summed E-state index contributed by atoms with van der Waals surface area (Å²) in [6.45, 7) is 7.11. The Hall–Kier alpha value is -2.43. The Morgan fingerprint density at radius 1 is 1.07 bits per heavy atom. The molecule has 4 nitrogen and oxygen atoms in total. The van der Waals surface area contributed by atoms with Gasteiger partial charge >= 0.3 is 0 Å². The summed E-state index contributed by atoms with van der Waals surface area (Å²) in [6, 6.07) is 0.